The summed E-state index contributed by atoms with van der Waals surface area (Å²) in [6.07, 6.45) is 3.93. The number of hydrogen-bond donors (Lipinski definition) is 1. The highest BCUT2D eigenvalue weighted by molar-refractivity contribution is 7.15. The third-order valence-electron chi connectivity index (χ3n) is 5.34. The molecule has 3 aromatic heterocycles. The minimum absolute atomic E-state index is 0.0581. The van der Waals surface area contributed by atoms with Crippen LogP contribution in [0.5, 0.6) is 0 Å². The maximum Gasteiger partial charge on any atom is 0.257 e. The lowest BCUT2D eigenvalue weighted by molar-refractivity contribution is -0.117. The Hall–Kier alpha value is -2.91. The van der Waals surface area contributed by atoms with Crippen LogP contribution in [0.25, 0.3) is 5.00 Å². The molecule has 158 valence electrons. The van der Waals surface area contributed by atoms with Crippen LogP contribution in [-0.2, 0) is 4.79 Å². The van der Waals surface area contributed by atoms with Crippen LogP contribution >= 0.6 is 11.3 Å². The number of hydrogen-bond acceptors (Lipinski definition) is 6. The quantitative estimate of drug-likeness (QED) is 0.677. The van der Waals surface area contributed by atoms with Gasteiger partial charge in [-0.3, -0.25) is 14.5 Å². The van der Waals surface area contributed by atoms with Gasteiger partial charge in [-0.2, -0.15) is 0 Å². The molecule has 30 heavy (non-hydrogen) atoms. The number of piperazine rings is 1. The second kappa shape index (κ2) is 8.45. The van der Waals surface area contributed by atoms with E-state index in [1.165, 1.54) is 0 Å². The number of aryl methyl sites for hydroxylation is 2. The molecule has 9 heteroatoms. The van der Waals surface area contributed by atoms with E-state index in [0.717, 1.165) is 21.0 Å². The molecule has 1 saturated heterocycles. The SMILES string of the molecule is Cc1cc(NC(=O)CN2CCN(C(=O)c3c(-n4cccc4)sc(C)c3C)CC2)no1. The van der Waals surface area contributed by atoms with E-state index in [0.29, 0.717) is 37.8 Å². The zero-order valence-electron chi connectivity index (χ0n) is 17.3. The van der Waals surface area contributed by atoms with Gasteiger partial charge in [0.05, 0.1) is 12.1 Å². The first-order valence-corrected chi connectivity index (χ1v) is 10.7. The number of nitrogens with one attached hydrogen (secondary N) is 1. The molecule has 0 saturated carbocycles. The first-order valence-electron chi connectivity index (χ1n) is 9.90. The van der Waals surface area contributed by atoms with Gasteiger partial charge in [-0.25, -0.2) is 0 Å². The smallest absolute Gasteiger partial charge is 0.257 e. The molecule has 1 fully saturated rings. The number of thiophene rings is 1. The molecule has 0 aliphatic carbocycles. The van der Waals surface area contributed by atoms with Gasteiger partial charge in [-0.1, -0.05) is 5.16 Å². The Labute approximate surface area is 179 Å². The van der Waals surface area contributed by atoms with Gasteiger partial charge >= 0.3 is 0 Å². The molecule has 0 spiro atoms. The van der Waals surface area contributed by atoms with Crippen molar-refractivity contribution in [2.45, 2.75) is 20.8 Å². The van der Waals surface area contributed by atoms with Gasteiger partial charge in [0, 0.05) is 49.5 Å². The van der Waals surface area contributed by atoms with Crippen molar-refractivity contribution >= 4 is 29.0 Å². The van der Waals surface area contributed by atoms with E-state index in [2.05, 4.69) is 17.4 Å². The minimum Gasteiger partial charge on any atom is -0.360 e. The fourth-order valence-corrected chi connectivity index (χ4v) is 4.71. The molecule has 1 aliphatic heterocycles. The highest BCUT2D eigenvalue weighted by Crippen LogP contribution is 2.32. The summed E-state index contributed by atoms with van der Waals surface area (Å²) in [5, 5.41) is 7.48. The van der Waals surface area contributed by atoms with E-state index in [4.69, 9.17) is 4.52 Å². The van der Waals surface area contributed by atoms with Crippen LogP contribution in [0.4, 0.5) is 5.82 Å². The Bertz CT molecular complexity index is 1050. The Morgan fingerprint density at radius 2 is 1.83 bits per heavy atom. The molecule has 0 radical (unpaired) electrons. The van der Waals surface area contributed by atoms with Crippen LogP contribution in [0.2, 0.25) is 0 Å². The molecule has 1 aliphatic rings. The van der Waals surface area contributed by atoms with Crippen molar-refractivity contribution in [3.63, 3.8) is 0 Å². The number of aromatic nitrogens is 2. The van der Waals surface area contributed by atoms with Crippen molar-refractivity contribution in [1.82, 2.24) is 19.5 Å². The molecule has 8 nitrogen and oxygen atoms in total. The number of amides is 2. The summed E-state index contributed by atoms with van der Waals surface area (Å²) in [7, 11) is 0. The summed E-state index contributed by atoms with van der Waals surface area (Å²) < 4.78 is 6.97. The summed E-state index contributed by atoms with van der Waals surface area (Å²) in [5.74, 6) is 0.993. The first-order chi connectivity index (χ1) is 14.4. The zero-order chi connectivity index (χ0) is 21.3. The Kier molecular flexibility index (Phi) is 5.74. The Morgan fingerprint density at radius 1 is 1.13 bits per heavy atom. The second-order valence-electron chi connectivity index (χ2n) is 7.49. The average molecular weight is 428 g/mol. The summed E-state index contributed by atoms with van der Waals surface area (Å²) in [6.45, 7) is 8.59. The summed E-state index contributed by atoms with van der Waals surface area (Å²) in [5.41, 5.74) is 1.82. The molecule has 0 bridgehead atoms. The topological polar surface area (TPSA) is 83.6 Å². The molecular weight excluding hydrogens is 402 g/mol. The van der Waals surface area contributed by atoms with Crippen molar-refractivity contribution < 1.29 is 14.1 Å². The second-order valence-corrected chi connectivity index (χ2v) is 8.70. The van der Waals surface area contributed by atoms with Crippen molar-refractivity contribution in [1.29, 1.82) is 0 Å². The van der Waals surface area contributed by atoms with Crippen LogP contribution in [0, 0.1) is 20.8 Å². The maximum atomic E-state index is 13.3. The molecule has 0 aromatic carbocycles. The fourth-order valence-electron chi connectivity index (χ4n) is 3.59. The van der Waals surface area contributed by atoms with Crippen molar-refractivity contribution in [2.24, 2.45) is 0 Å². The number of anilines is 1. The maximum absolute atomic E-state index is 13.3. The standard InChI is InChI=1S/C21H25N5O3S/c1-14-12-17(23-29-14)22-18(27)13-24-8-10-25(11-9-24)20(28)19-15(2)16(3)30-21(19)26-6-4-5-7-26/h4-7,12H,8-11,13H2,1-3H3,(H,22,23,27). The lowest BCUT2D eigenvalue weighted by atomic mass is 10.1. The number of carbonyl (C=O) groups is 2. The Morgan fingerprint density at radius 3 is 2.47 bits per heavy atom. The van der Waals surface area contributed by atoms with Gasteiger partial charge in [0.2, 0.25) is 5.91 Å². The zero-order valence-corrected chi connectivity index (χ0v) is 18.2. The molecule has 0 atom stereocenters. The van der Waals surface area contributed by atoms with Crippen LogP contribution < -0.4 is 5.32 Å². The number of nitrogens with zero attached hydrogens (tertiary/aromatic N) is 4. The number of rotatable bonds is 5. The minimum atomic E-state index is -0.137. The molecule has 4 rings (SSSR count). The lowest BCUT2D eigenvalue weighted by Crippen LogP contribution is -2.50. The summed E-state index contributed by atoms with van der Waals surface area (Å²) >= 11 is 1.64. The van der Waals surface area contributed by atoms with E-state index in [1.807, 2.05) is 45.8 Å². The molecule has 0 unspecified atom stereocenters. The van der Waals surface area contributed by atoms with Gasteiger partial charge in [0.25, 0.3) is 5.91 Å². The first kappa shape index (κ1) is 20.4. The molecular formula is C21H25N5O3S. The van der Waals surface area contributed by atoms with Crippen LogP contribution in [0.3, 0.4) is 0 Å². The average Bonchev–Trinajstić information content (AvgIpc) is 3.44. The normalized spacial score (nSPS) is 14.8. The summed E-state index contributed by atoms with van der Waals surface area (Å²) in [4.78, 5) is 30.6. The highest BCUT2D eigenvalue weighted by atomic mass is 32.1. The molecule has 3 aromatic rings. The fraction of sp³-hybridized carbons (Fsp3) is 0.381. The van der Waals surface area contributed by atoms with E-state index in [9.17, 15) is 9.59 Å². The Balaban J connectivity index is 1.38. The van der Waals surface area contributed by atoms with Crippen LogP contribution in [0.1, 0.15) is 26.6 Å². The highest BCUT2D eigenvalue weighted by Gasteiger charge is 2.28. The third kappa shape index (κ3) is 4.17. The predicted molar refractivity (Wildman–Crippen MR) is 115 cm³/mol. The predicted octanol–water partition coefficient (Wildman–Crippen LogP) is 2.85. The largest absolute Gasteiger partial charge is 0.360 e. The van der Waals surface area contributed by atoms with E-state index in [-0.39, 0.29) is 18.4 Å². The monoisotopic (exact) mass is 427 g/mol. The molecule has 1 N–H and O–H groups in total. The van der Waals surface area contributed by atoms with Gasteiger partial charge in [-0.15, -0.1) is 11.3 Å². The number of carbonyl (C=O) groups excluding carboxylic acids is 2. The summed E-state index contributed by atoms with van der Waals surface area (Å²) in [6, 6.07) is 5.60. The molecule has 4 heterocycles. The van der Waals surface area contributed by atoms with Crippen LogP contribution in [0.15, 0.2) is 35.1 Å². The van der Waals surface area contributed by atoms with E-state index < -0.39 is 0 Å². The van der Waals surface area contributed by atoms with Crippen molar-refractivity contribution in [3.8, 4) is 5.00 Å². The van der Waals surface area contributed by atoms with E-state index in [1.54, 1.807) is 24.3 Å². The van der Waals surface area contributed by atoms with E-state index >= 15 is 0 Å². The van der Waals surface area contributed by atoms with Gasteiger partial charge in [-0.05, 0) is 38.5 Å². The lowest BCUT2D eigenvalue weighted by Gasteiger charge is -2.34. The third-order valence-corrected chi connectivity index (χ3v) is 6.56. The van der Waals surface area contributed by atoms with Crippen LogP contribution in [-0.4, -0.2) is 64.1 Å². The van der Waals surface area contributed by atoms with Crippen molar-refractivity contribution in [2.75, 3.05) is 38.0 Å². The van der Waals surface area contributed by atoms with Crippen molar-refractivity contribution in [3.05, 3.63) is 52.4 Å². The van der Waals surface area contributed by atoms with Gasteiger partial charge in [0.15, 0.2) is 5.82 Å². The van der Waals surface area contributed by atoms with Gasteiger partial charge < -0.3 is 19.3 Å². The molecule has 2 amide bonds. The van der Waals surface area contributed by atoms with Gasteiger partial charge in [0.1, 0.15) is 10.8 Å².